The number of nitrogens with one attached hydrogen (secondary N) is 1. The summed E-state index contributed by atoms with van der Waals surface area (Å²) in [6.45, 7) is 3.08. The Morgan fingerprint density at radius 2 is 1.54 bits per heavy atom. The van der Waals surface area contributed by atoms with E-state index in [1.54, 1.807) is 6.20 Å². The van der Waals surface area contributed by atoms with Crippen LogP contribution in [-0.4, -0.2) is 35.0 Å². The summed E-state index contributed by atoms with van der Waals surface area (Å²) in [5.74, 6) is 0.279. The average Bonchev–Trinajstić information content (AvgIpc) is 2.95. The normalized spacial score (nSPS) is 14.3. The first-order valence-electron chi connectivity index (χ1n) is 12.6. The number of likely N-dealkylation sites (tertiary alicyclic amines) is 1. The third-order valence-electron chi connectivity index (χ3n) is 6.65. The monoisotopic (exact) mass is 495 g/mol. The van der Waals surface area contributed by atoms with E-state index in [1.807, 2.05) is 66.7 Å². The molecule has 1 aliphatic rings. The Morgan fingerprint density at radius 3 is 2.22 bits per heavy atom. The van der Waals surface area contributed by atoms with E-state index in [4.69, 9.17) is 4.74 Å². The molecule has 0 bridgehead atoms. The zero-order valence-corrected chi connectivity index (χ0v) is 20.6. The molecule has 1 saturated heterocycles. The second kappa shape index (κ2) is 11.8. The third kappa shape index (κ3) is 6.80. The van der Waals surface area contributed by atoms with Gasteiger partial charge in [-0.05, 0) is 59.4 Å². The molecule has 4 aromatic rings. The number of aromatic nitrogens is 1. The number of piperidine rings is 1. The van der Waals surface area contributed by atoms with Gasteiger partial charge in [-0.15, -0.1) is 0 Å². The number of hydrogen-bond donors (Lipinski definition) is 1. The van der Waals surface area contributed by atoms with Crippen molar-refractivity contribution in [2.75, 3.05) is 13.1 Å². The Labute approximate surface area is 216 Å². The van der Waals surface area contributed by atoms with Gasteiger partial charge in [-0.1, -0.05) is 60.7 Å². The highest BCUT2D eigenvalue weighted by Gasteiger charge is 2.21. The quantitative estimate of drug-likeness (QED) is 0.333. The van der Waals surface area contributed by atoms with Crippen molar-refractivity contribution in [3.05, 3.63) is 120 Å². The minimum atomic E-state index is -0.203. The zero-order chi connectivity index (χ0) is 25.5. The predicted octanol–water partition coefficient (Wildman–Crippen LogP) is 5.86. The van der Waals surface area contributed by atoms with Crippen molar-refractivity contribution in [3.63, 3.8) is 0 Å². The van der Waals surface area contributed by atoms with Gasteiger partial charge >= 0.3 is 0 Å². The van der Waals surface area contributed by atoms with Gasteiger partial charge in [0.1, 0.15) is 11.9 Å². The van der Waals surface area contributed by atoms with Crippen molar-refractivity contribution in [2.24, 2.45) is 0 Å². The largest absolute Gasteiger partial charge is 0.474 e. The van der Waals surface area contributed by atoms with E-state index in [1.165, 1.54) is 12.1 Å². The van der Waals surface area contributed by atoms with E-state index in [0.29, 0.717) is 18.0 Å². The molecule has 1 amide bonds. The number of hydrogen-bond acceptors (Lipinski definition) is 4. The van der Waals surface area contributed by atoms with E-state index >= 15 is 0 Å². The molecule has 0 aliphatic carbocycles. The lowest BCUT2D eigenvalue weighted by Gasteiger charge is -2.31. The lowest BCUT2D eigenvalue weighted by Crippen LogP contribution is -2.37. The van der Waals surface area contributed by atoms with Gasteiger partial charge in [0.2, 0.25) is 5.88 Å². The van der Waals surface area contributed by atoms with Crippen molar-refractivity contribution >= 4 is 5.91 Å². The summed E-state index contributed by atoms with van der Waals surface area (Å²) in [5, 5.41) is 2.96. The van der Waals surface area contributed by atoms with Crippen molar-refractivity contribution in [1.82, 2.24) is 15.2 Å². The molecule has 0 unspecified atom stereocenters. The number of benzene rings is 3. The van der Waals surface area contributed by atoms with Gasteiger partial charge in [0.15, 0.2) is 0 Å². The minimum absolute atomic E-state index is 0.118. The van der Waals surface area contributed by atoms with Gasteiger partial charge in [-0.3, -0.25) is 9.69 Å². The molecule has 2 heterocycles. The number of nitrogens with zero attached hydrogens (tertiary/aromatic N) is 2. The highest BCUT2D eigenvalue weighted by molar-refractivity contribution is 5.94. The molecule has 37 heavy (non-hydrogen) atoms. The van der Waals surface area contributed by atoms with Crippen LogP contribution >= 0.6 is 0 Å². The topological polar surface area (TPSA) is 54.5 Å². The Hall–Kier alpha value is -4.03. The van der Waals surface area contributed by atoms with Crippen LogP contribution in [-0.2, 0) is 13.1 Å². The van der Waals surface area contributed by atoms with Gasteiger partial charge in [-0.25, -0.2) is 9.37 Å². The van der Waals surface area contributed by atoms with Crippen molar-refractivity contribution < 1.29 is 13.9 Å². The molecular formula is C31H30FN3O2. The van der Waals surface area contributed by atoms with E-state index < -0.39 is 0 Å². The number of carbonyl (C=O) groups is 1. The molecule has 1 aliphatic heterocycles. The Kier molecular flexibility index (Phi) is 7.87. The van der Waals surface area contributed by atoms with E-state index in [-0.39, 0.29) is 17.8 Å². The summed E-state index contributed by atoms with van der Waals surface area (Å²) in [6.07, 6.45) is 3.71. The van der Waals surface area contributed by atoms with Gasteiger partial charge in [0.25, 0.3) is 5.91 Å². The van der Waals surface area contributed by atoms with Crippen LogP contribution in [0.15, 0.2) is 97.2 Å². The van der Waals surface area contributed by atoms with Gasteiger partial charge < -0.3 is 10.1 Å². The summed E-state index contributed by atoms with van der Waals surface area (Å²) in [7, 11) is 0. The van der Waals surface area contributed by atoms with Gasteiger partial charge in [-0.2, -0.15) is 0 Å². The predicted molar refractivity (Wildman–Crippen MR) is 143 cm³/mol. The number of pyridine rings is 1. The first-order chi connectivity index (χ1) is 18.1. The molecule has 3 aromatic carbocycles. The van der Waals surface area contributed by atoms with Crippen molar-refractivity contribution in [1.29, 1.82) is 0 Å². The van der Waals surface area contributed by atoms with E-state index in [0.717, 1.165) is 54.7 Å². The standard InChI is InChI=1S/C31H30FN3O2/c32-28-13-6-23(7-14-28)22-35-18-16-29(17-19-35)37-30-15-8-24(20-33-30)21-34-31(36)27-11-9-26(10-12-27)25-4-2-1-3-5-25/h1-15,20,29H,16-19,21-22H2,(H,34,36). The number of ether oxygens (including phenoxy) is 1. The first-order valence-corrected chi connectivity index (χ1v) is 12.6. The molecule has 0 saturated carbocycles. The van der Waals surface area contributed by atoms with Crippen molar-refractivity contribution in [3.8, 4) is 17.0 Å². The molecule has 188 valence electrons. The highest BCUT2D eigenvalue weighted by atomic mass is 19.1. The third-order valence-corrected chi connectivity index (χ3v) is 6.65. The van der Waals surface area contributed by atoms with Gasteiger partial charge in [0, 0.05) is 44.0 Å². The lowest BCUT2D eigenvalue weighted by molar-refractivity contribution is 0.0932. The van der Waals surface area contributed by atoms with E-state index in [9.17, 15) is 9.18 Å². The number of carbonyl (C=O) groups excluding carboxylic acids is 1. The van der Waals surface area contributed by atoms with E-state index in [2.05, 4.69) is 27.3 Å². The smallest absolute Gasteiger partial charge is 0.251 e. The number of amides is 1. The van der Waals surface area contributed by atoms with Gasteiger partial charge in [0.05, 0.1) is 0 Å². The second-order valence-corrected chi connectivity index (χ2v) is 9.35. The van der Waals surface area contributed by atoms with Crippen LogP contribution in [0.2, 0.25) is 0 Å². The molecule has 5 rings (SSSR count). The zero-order valence-electron chi connectivity index (χ0n) is 20.6. The summed E-state index contributed by atoms with van der Waals surface area (Å²) in [5.41, 5.74) is 4.86. The molecule has 1 N–H and O–H groups in total. The Morgan fingerprint density at radius 1 is 0.865 bits per heavy atom. The molecule has 0 atom stereocenters. The van der Waals surface area contributed by atoms with Crippen LogP contribution < -0.4 is 10.1 Å². The van der Waals surface area contributed by atoms with Crippen molar-refractivity contribution in [2.45, 2.75) is 32.0 Å². The maximum Gasteiger partial charge on any atom is 0.251 e. The molecule has 0 spiro atoms. The molecule has 6 heteroatoms. The van der Waals surface area contributed by atoms with Crippen LogP contribution in [0.4, 0.5) is 4.39 Å². The van der Waals surface area contributed by atoms with Crippen LogP contribution in [0.1, 0.15) is 34.3 Å². The molecule has 5 nitrogen and oxygen atoms in total. The summed E-state index contributed by atoms with van der Waals surface area (Å²) >= 11 is 0. The summed E-state index contributed by atoms with van der Waals surface area (Å²) < 4.78 is 19.2. The molecule has 1 fully saturated rings. The lowest BCUT2D eigenvalue weighted by atomic mass is 10.0. The number of rotatable bonds is 8. The Balaban J connectivity index is 1.06. The fourth-order valence-corrected chi connectivity index (χ4v) is 4.52. The maximum absolute atomic E-state index is 13.1. The van der Waals surface area contributed by atoms with Crippen LogP contribution in [0.25, 0.3) is 11.1 Å². The second-order valence-electron chi connectivity index (χ2n) is 9.35. The molecule has 0 radical (unpaired) electrons. The van der Waals surface area contributed by atoms with Crippen LogP contribution in [0.3, 0.4) is 0 Å². The fraction of sp³-hybridized carbons (Fsp3) is 0.226. The average molecular weight is 496 g/mol. The van der Waals surface area contributed by atoms with Crippen LogP contribution in [0, 0.1) is 5.82 Å². The SMILES string of the molecule is O=C(NCc1ccc(OC2CCN(Cc3ccc(F)cc3)CC2)nc1)c1ccc(-c2ccccc2)cc1. The Bertz CT molecular complexity index is 1290. The summed E-state index contributed by atoms with van der Waals surface area (Å²) in [4.78, 5) is 19.4. The van der Waals surface area contributed by atoms with Crippen LogP contribution in [0.5, 0.6) is 5.88 Å². The first kappa shape index (κ1) is 24.7. The maximum atomic E-state index is 13.1. The minimum Gasteiger partial charge on any atom is -0.474 e. The molecule has 1 aromatic heterocycles. The summed E-state index contributed by atoms with van der Waals surface area (Å²) in [6, 6.07) is 28.2. The number of halogens is 1. The highest BCUT2D eigenvalue weighted by Crippen LogP contribution is 2.21. The fourth-order valence-electron chi connectivity index (χ4n) is 4.52. The molecular weight excluding hydrogens is 465 g/mol.